The average Bonchev–Trinajstić information content (AvgIpc) is 2.41. The molecule has 0 spiro atoms. The maximum absolute atomic E-state index is 14.0. The summed E-state index contributed by atoms with van der Waals surface area (Å²) in [4.78, 5) is 13.4. The second-order valence-corrected chi connectivity index (χ2v) is 5.09. The van der Waals surface area contributed by atoms with Crippen LogP contribution in [0.25, 0.3) is 0 Å². The highest BCUT2D eigenvalue weighted by molar-refractivity contribution is 7.79. The molecule has 1 amide bonds. The monoisotopic (exact) mass is 292 g/mol. The van der Waals surface area contributed by atoms with E-state index in [0.29, 0.717) is 5.69 Å². The zero-order valence-corrected chi connectivity index (χ0v) is 12.2. The summed E-state index contributed by atoms with van der Waals surface area (Å²) in [5.74, 6) is -0.993. The van der Waals surface area contributed by atoms with Gasteiger partial charge in [0, 0.05) is 12.7 Å². The van der Waals surface area contributed by atoms with E-state index in [-0.39, 0.29) is 11.1 Å². The highest BCUT2D eigenvalue weighted by atomic mass is 32.1. The fourth-order valence-electron chi connectivity index (χ4n) is 2.48. The summed E-state index contributed by atoms with van der Waals surface area (Å²) in [6, 6.07) is 4.53. The van der Waals surface area contributed by atoms with E-state index in [1.165, 1.54) is 24.7 Å². The third-order valence-corrected chi connectivity index (χ3v) is 4.10. The van der Waals surface area contributed by atoms with Crippen molar-refractivity contribution in [3.05, 3.63) is 42.2 Å². The molecule has 5 heteroatoms. The van der Waals surface area contributed by atoms with Crippen molar-refractivity contribution < 1.29 is 9.18 Å². The van der Waals surface area contributed by atoms with Gasteiger partial charge in [-0.2, -0.15) is 0 Å². The number of nitrogens with zero attached hydrogens (tertiary/aromatic N) is 1. The largest absolute Gasteiger partial charge is 0.355 e. The Morgan fingerprint density at radius 3 is 2.65 bits per heavy atom. The van der Waals surface area contributed by atoms with Crippen molar-refractivity contribution in [1.82, 2.24) is 5.32 Å². The molecule has 3 nitrogen and oxygen atoms in total. The highest BCUT2D eigenvalue weighted by Gasteiger charge is 2.39. The molecule has 106 valence electrons. The summed E-state index contributed by atoms with van der Waals surface area (Å²) < 4.78 is 14.0. The number of thiocarbonyl (C=S) groups is 1. The van der Waals surface area contributed by atoms with Crippen LogP contribution in [0.4, 0.5) is 10.1 Å². The minimum absolute atomic E-state index is 0.0295. The van der Waals surface area contributed by atoms with Crippen LogP contribution in [0.15, 0.2) is 30.9 Å². The molecular formula is C15H17FN2OS. The van der Waals surface area contributed by atoms with Crippen molar-refractivity contribution in [2.24, 2.45) is 0 Å². The van der Waals surface area contributed by atoms with E-state index >= 15 is 0 Å². The van der Waals surface area contributed by atoms with Crippen LogP contribution < -0.4 is 10.2 Å². The Morgan fingerprint density at radius 2 is 2.25 bits per heavy atom. The van der Waals surface area contributed by atoms with E-state index in [1.54, 1.807) is 6.07 Å². The summed E-state index contributed by atoms with van der Waals surface area (Å²) >= 11 is 5.07. The van der Waals surface area contributed by atoms with Crippen molar-refractivity contribution in [2.45, 2.75) is 24.8 Å². The van der Waals surface area contributed by atoms with E-state index in [1.807, 2.05) is 11.0 Å². The van der Waals surface area contributed by atoms with Crippen LogP contribution in [0, 0.1) is 5.82 Å². The number of anilines is 1. The van der Waals surface area contributed by atoms with Gasteiger partial charge in [-0.25, -0.2) is 4.39 Å². The number of carbonyl (C=O) groups excluding carboxylic acids is 1. The van der Waals surface area contributed by atoms with E-state index in [2.05, 4.69) is 11.9 Å². The zero-order chi connectivity index (χ0) is 14.8. The van der Waals surface area contributed by atoms with Crippen molar-refractivity contribution in [1.29, 1.82) is 0 Å². The third kappa shape index (κ3) is 2.33. The summed E-state index contributed by atoms with van der Waals surface area (Å²) in [6.07, 6.45) is 4.86. The molecule has 0 aromatic heterocycles. The first-order valence-electron chi connectivity index (χ1n) is 6.48. The number of nitrogens with one attached hydrogen (secondary N) is 1. The van der Waals surface area contributed by atoms with Gasteiger partial charge < -0.3 is 10.2 Å². The highest BCUT2D eigenvalue weighted by Crippen LogP contribution is 2.40. The zero-order valence-electron chi connectivity index (χ0n) is 11.4. The molecule has 1 N–H and O–H groups in total. The number of hydrogen-bond acceptors (Lipinski definition) is 2. The quantitative estimate of drug-likeness (QED) is 0.669. The first kappa shape index (κ1) is 14.7. The van der Waals surface area contributed by atoms with Gasteiger partial charge in [0.05, 0.1) is 16.6 Å². The molecular weight excluding hydrogens is 275 g/mol. The molecule has 0 atom stereocenters. The van der Waals surface area contributed by atoms with E-state index in [0.717, 1.165) is 19.3 Å². The summed E-state index contributed by atoms with van der Waals surface area (Å²) in [5, 5.41) is 2.41. The Bertz CT molecular complexity index is 555. The standard InChI is InChI=1S/C15H17FN2OS/c1-3-15(7-4-8-15)18(10-20)11-5-6-12(13(16)9-11)14(19)17-2/h3,5-6,9-10H,1,4,7-8H2,2H3,(H,17,19). The second kappa shape index (κ2) is 5.71. The van der Waals surface area contributed by atoms with Gasteiger partial charge in [-0.3, -0.25) is 4.79 Å². The number of halogens is 1. The van der Waals surface area contributed by atoms with Gasteiger partial charge in [0.1, 0.15) is 5.82 Å². The van der Waals surface area contributed by atoms with Crippen LogP contribution in [0.3, 0.4) is 0 Å². The summed E-state index contributed by atoms with van der Waals surface area (Å²) in [6.45, 7) is 3.86. The lowest BCUT2D eigenvalue weighted by Crippen LogP contribution is -2.51. The van der Waals surface area contributed by atoms with E-state index < -0.39 is 11.7 Å². The van der Waals surface area contributed by atoms with Crippen LogP contribution in [-0.2, 0) is 0 Å². The Balaban J connectivity index is 2.37. The van der Waals surface area contributed by atoms with E-state index in [9.17, 15) is 9.18 Å². The Kier molecular flexibility index (Phi) is 4.18. The molecule has 0 bridgehead atoms. The number of amides is 1. The molecule has 0 saturated heterocycles. The molecule has 0 aliphatic heterocycles. The normalized spacial score (nSPS) is 15.9. The Hall–Kier alpha value is -1.75. The topological polar surface area (TPSA) is 32.3 Å². The van der Waals surface area contributed by atoms with Crippen LogP contribution in [-0.4, -0.2) is 24.0 Å². The predicted octanol–water partition coefficient (Wildman–Crippen LogP) is 3.06. The van der Waals surface area contributed by atoms with Crippen LogP contribution in [0.2, 0.25) is 0 Å². The number of carbonyl (C=O) groups is 1. The molecule has 1 fully saturated rings. The lowest BCUT2D eigenvalue weighted by atomic mass is 9.75. The minimum Gasteiger partial charge on any atom is -0.355 e. The van der Waals surface area contributed by atoms with Crippen molar-refractivity contribution in [2.75, 3.05) is 11.9 Å². The molecule has 1 saturated carbocycles. The van der Waals surface area contributed by atoms with Gasteiger partial charge in [-0.1, -0.05) is 18.3 Å². The predicted molar refractivity (Wildman–Crippen MR) is 82.7 cm³/mol. The molecule has 1 aromatic rings. The first-order chi connectivity index (χ1) is 9.57. The SMILES string of the molecule is C=CC1(N(C=S)c2ccc(C(=O)NC)c(F)c2)CCC1. The molecule has 1 aliphatic rings. The van der Waals surface area contributed by atoms with Crippen LogP contribution >= 0.6 is 12.2 Å². The van der Waals surface area contributed by atoms with Gasteiger partial charge in [0.2, 0.25) is 0 Å². The molecule has 0 heterocycles. The smallest absolute Gasteiger partial charge is 0.253 e. The molecule has 0 unspecified atom stereocenters. The summed E-state index contributed by atoms with van der Waals surface area (Å²) in [5.41, 5.74) is 1.98. The van der Waals surface area contributed by atoms with Gasteiger partial charge in [-0.15, -0.1) is 6.58 Å². The maximum Gasteiger partial charge on any atom is 0.253 e. The molecule has 1 aliphatic carbocycles. The summed E-state index contributed by atoms with van der Waals surface area (Å²) in [7, 11) is 1.47. The van der Waals surface area contributed by atoms with Crippen LogP contribution in [0.5, 0.6) is 0 Å². The first-order valence-corrected chi connectivity index (χ1v) is 6.95. The fourth-order valence-corrected chi connectivity index (χ4v) is 2.81. The lowest BCUT2D eigenvalue weighted by molar-refractivity contribution is 0.0959. The minimum atomic E-state index is -0.553. The second-order valence-electron chi connectivity index (χ2n) is 4.88. The Morgan fingerprint density at radius 1 is 1.55 bits per heavy atom. The van der Waals surface area contributed by atoms with Gasteiger partial charge >= 0.3 is 0 Å². The molecule has 20 heavy (non-hydrogen) atoms. The fraction of sp³-hybridized carbons (Fsp3) is 0.333. The number of benzene rings is 1. The van der Waals surface area contributed by atoms with Gasteiger partial charge in [0.25, 0.3) is 5.91 Å². The Labute approximate surface area is 123 Å². The maximum atomic E-state index is 14.0. The van der Waals surface area contributed by atoms with Crippen molar-refractivity contribution in [3.63, 3.8) is 0 Å². The molecule has 2 rings (SSSR count). The molecule has 1 aromatic carbocycles. The average molecular weight is 292 g/mol. The number of rotatable bonds is 5. The van der Waals surface area contributed by atoms with Gasteiger partial charge in [-0.05, 0) is 37.5 Å². The lowest BCUT2D eigenvalue weighted by Gasteiger charge is -2.47. The molecule has 0 radical (unpaired) electrons. The van der Waals surface area contributed by atoms with Crippen LogP contribution in [0.1, 0.15) is 29.6 Å². The number of hydrogen-bond donors (Lipinski definition) is 1. The van der Waals surface area contributed by atoms with Crippen molar-refractivity contribution >= 4 is 29.3 Å². The van der Waals surface area contributed by atoms with Crippen molar-refractivity contribution in [3.8, 4) is 0 Å². The third-order valence-electron chi connectivity index (χ3n) is 3.89. The van der Waals surface area contributed by atoms with Gasteiger partial charge in [0.15, 0.2) is 0 Å². The van der Waals surface area contributed by atoms with E-state index in [4.69, 9.17) is 12.2 Å².